The highest BCUT2D eigenvalue weighted by atomic mass is 16.5. The topological polar surface area (TPSA) is 42.6 Å². The van der Waals surface area contributed by atoms with Gasteiger partial charge < -0.3 is 14.2 Å². The van der Waals surface area contributed by atoms with E-state index in [-0.39, 0.29) is 0 Å². The number of rotatable bonds is 4. The molecule has 0 aliphatic rings. The van der Waals surface area contributed by atoms with Crippen molar-refractivity contribution >= 4 is 45.7 Å². The molecule has 1 N–H and O–H groups in total. The zero-order chi connectivity index (χ0) is 18.5. The fourth-order valence-corrected chi connectivity index (χ4v) is 2.91. The quantitative estimate of drug-likeness (QED) is 0.552. The molecule has 26 heavy (non-hydrogen) atoms. The summed E-state index contributed by atoms with van der Waals surface area (Å²) in [5.74, 6) is 0. The molecule has 4 aromatic rings. The van der Waals surface area contributed by atoms with Gasteiger partial charge in [-0.1, -0.05) is 41.9 Å². The molecule has 3 nitrogen and oxygen atoms in total. The van der Waals surface area contributed by atoms with Crippen LogP contribution in [0.1, 0.15) is 27.7 Å². The van der Waals surface area contributed by atoms with Crippen LogP contribution in [0.15, 0.2) is 59.0 Å². The minimum Gasteiger partial charge on any atom is -0.456 e. The van der Waals surface area contributed by atoms with Crippen LogP contribution in [0.3, 0.4) is 0 Å². The number of hydrogen-bond donors (Lipinski definition) is 1. The molecule has 0 bridgehead atoms. The van der Waals surface area contributed by atoms with Crippen molar-refractivity contribution in [3.63, 3.8) is 0 Å². The van der Waals surface area contributed by atoms with Crippen LogP contribution >= 0.6 is 0 Å². The van der Waals surface area contributed by atoms with Crippen molar-refractivity contribution in [2.24, 2.45) is 0 Å². The van der Waals surface area contributed by atoms with Crippen LogP contribution < -0.4 is 5.46 Å². The molecule has 0 saturated carbocycles. The Balaban J connectivity index is 1.74. The number of furan rings is 1. The molecule has 1 heterocycles. The van der Waals surface area contributed by atoms with Crippen LogP contribution in [-0.4, -0.2) is 23.8 Å². The second-order valence-corrected chi connectivity index (χ2v) is 7.86. The van der Waals surface area contributed by atoms with Crippen LogP contribution in [0.2, 0.25) is 0 Å². The van der Waals surface area contributed by atoms with Crippen molar-refractivity contribution in [1.29, 1.82) is 0 Å². The number of aliphatic hydroxyl groups is 1. The summed E-state index contributed by atoms with van der Waals surface area (Å²) in [7, 11) is 1.71. The van der Waals surface area contributed by atoms with E-state index in [2.05, 4.69) is 30.3 Å². The molecule has 0 saturated heterocycles. The first kappa shape index (κ1) is 17.1. The van der Waals surface area contributed by atoms with Crippen molar-refractivity contribution in [1.82, 2.24) is 0 Å². The lowest BCUT2D eigenvalue weighted by Gasteiger charge is -2.37. The Morgan fingerprint density at radius 1 is 0.846 bits per heavy atom. The third-order valence-electron chi connectivity index (χ3n) is 5.32. The summed E-state index contributed by atoms with van der Waals surface area (Å²) < 4.78 is 11.9. The third-order valence-corrected chi connectivity index (χ3v) is 5.32. The van der Waals surface area contributed by atoms with E-state index in [1.54, 1.807) is 21.3 Å². The molecule has 0 fully saturated rings. The van der Waals surface area contributed by atoms with Gasteiger partial charge in [-0.05, 0) is 56.7 Å². The van der Waals surface area contributed by atoms with Crippen LogP contribution in [0.25, 0.3) is 32.7 Å². The third kappa shape index (κ3) is 2.89. The van der Waals surface area contributed by atoms with Gasteiger partial charge in [0.2, 0.25) is 0 Å². The van der Waals surface area contributed by atoms with Gasteiger partial charge in [-0.3, -0.25) is 0 Å². The fourth-order valence-electron chi connectivity index (χ4n) is 2.91. The van der Waals surface area contributed by atoms with Crippen LogP contribution in [0.4, 0.5) is 0 Å². The summed E-state index contributed by atoms with van der Waals surface area (Å²) in [4.78, 5) is 0. The maximum absolute atomic E-state index is 10.2. The predicted molar refractivity (Wildman–Crippen MR) is 108 cm³/mol. The summed E-state index contributed by atoms with van der Waals surface area (Å²) >= 11 is 0. The Kier molecular flexibility index (Phi) is 3.87. The Morgan fingerprint density at radius 2 is 1.50 bits per heavy atom. The van der Waals surface area contributed by atoms with Gasteiger partial charge in [0, 0.05) is 10.8 Å². The first-order valence-corrected chi connectivity index (χ1v) is 8.83. The predicted octanol–water partition coefficient (Wildman–Crippen LogP) is 4.55. The minimum absolute atomic E-state index is 0.698. The zero-order valence-corrected chi connectivity index (χ0v) is 15.5. The van der Waals surface area contributed by atoms with E-state index in [1.165, 1.54) is 10.8 Å². The molecule has 1 aromatic heterocycles. The lowest BCUT2D eigenvalue weighted by molar-refractivity contribution is -0.0893. The van der Waals surface area contributed by atoms with E-state index in [1.807, 2.05) is 38.1 Å². The van der Waals surface area contributed by atoms with Crippen molar-refractivity contribution in [2.75, 3.05) is 0 Å². The molecule has 0 atom stereocenters. The van der Waals surface area contributed by atoms with Gasteiger partial charge in [0.25, 0.3) is 0 Å². The summed E-state index contributed by atoms with van der Waals surface area (Å²) in [6, 6.07) is 18.5. The molecule has 0 aliphatic heterocycles. The van der Waals surface area contributed by atoms with Crippen molar-refractivity contribution < 1.29 is 14.2 Å². The normalized spacial score (nSPS) is 13.0. The molecule has 0 spiro atoms. The highest BCUT2D eigenvalue weighted by molar-refractivity contribution is 6.47. The minimum atomic E-state index is -0.950. The number of fused-ring (bicyclic) bond motifs is 4. The highest BCUT2D eigenvalue weighted by Crippen LogP contribution is 2.31. The Labute approximate surface area is 153 Å². The standard InChI is InChI=1S/C22H22BO3/c1-21(2,24)22(3,4)26-23-16-9-10-19-18(13-16)17-11-14-7-5-6-8-15(14)12-20(17)25-19/h5-13,24H,1-4H3. The Morgan fingerprint density at radius 3 is 2.19 bits per heavy atom. The zero-order valence-electron chi connectivity index (χ0n) is 15.5. The first-order chi connectivity index (χ1) is 12.2. The molecule has 0 unspecified atom stereocenters. The van der Waals surface area contributed by atoms with E-state index in [0.29, 0.717) is 0 Å². The van der Waals surface area contributed by atoms with Crippen molar-refractivity contribution in [3.8, 4) is 0 Å². The van der Waals surface area contributed by atoms with Crippen molar-refractivity contribution in [2.45, 2.75) is 38.9 Å². The average Bonchev–Trinajstić information content (AvgIpc) is 2.94. The summed E-state index contributed by atoms with van der Waals surface area (Å²) in [6.07, 6.45) is 0. The van der Waals surface area contributed by atoms with Gasteiger partial charge in [0.1, 0.15) is 11.2 Å². The van der Waals surface area contributed by atoms with E-state index >= 15 is 0 Å². The molecule has 1 radical (unpaired) electrons. The number of hydrogen-bond acceptors (Lipinski definition) is 3. The lowest BCUT2D eigenvalue weighted by Crippen LogP contribution is -2.49. The largest absolute Gasteiger partial charge is 0.456 e. The second-order valence-electron chi connectivity index (χ2n) is 7.86. The molecular weight excluding hydrogens is 323 g/mol. The lowest BCUT2D eigenvalue weighted by atomic mass is 9.82. The maximum Gasteiger partial charge on any atom is 0.330 e. The Hall–Kier alpha value is -2.30. The average molecular weight is 345 g/mol. The van der Waals surface area contributed by atoms with Gasteiger partial charge >= 0.3 is 7.48 Å². The molecule has 0 aliphatic carbocycles. The van der Waals surface area contributed by atoms with Crippen LogP contribution in [0, 0.1) is 0 Å². The first-order valence-electron chi connectivity index (χ1n) is 8.83. The smallest absolute Gasteiger partial charge is 0.330 e. The van der Waals surface area contributed by atoms with E-state index in [4.69, 9.17) is 9.07 Å². The summed E-state index contributed by atoms with van der Waals surface area (Å²) in [5, 5.41) is 14.8. The fraction of sp³-hybridized carbons (Fsp3) is 0.273. The van der Waals surface area contributed by atoms with Gasteiger partial charge in [0.05, 0.1) is 11.2 Å². The van der Waals surface area contributed by atoms with Gasteiger partial charge in [-0.15, -0.1) is 0 Å². The van der Waals surface area contributed by atoms with Crippen molar-refractivity contribution in [3.05, 3.63) is 54.6 Å². The molecular formula is C22H22BO3. The SMILES string of the molecule is CC(C)(O)C(C)(C)O[B]c1ccc2oc3cc4ccccc4cc3c2c1. The van der Waals surface area contributed by atoms with E-state index < -0.39 is 11.2 Å². The molecule has 0 amide bonds. The molecule has 4 heteroatoms. The second kappa shape index (κ2) is 5.87. The summed E-state index contributed by atoms with van der Waals surface area (Å²) in [5.41, 5.74) is 1.03. The molecule has 3 aromatic carbocycles. The van der Waals surface area contributed by atoms with Gasteiger partial charge in [-0.2, -0.15) is 0 Å². The summed E-state index contributed by atoms with van der Waals surface area (Å²) in [6.45, 7) is 7.25. The monoisotopic (exact) mass is 345 g/mol. The van der Waals surface area contributed by atoms with Crippen LogP contribution in [0.5, 0.6) is 0 Å². The maximum atomic E-state index is 10.2. The number of benzene rings is 3. The highest BCUT2D eigenvalue weighted by Gasteiger charge is 2.35. The van der Waals surface area contributed by atoms with E-state index in [9.17, 15) is 5.11 Å². The van der Waals surface area contributed by atoms with Crippen LogP contribution in [-0.2, 0) is 4.65 Å². The molecule has 4 rings (SSSR count). The van der Waals surface area contributed by atoms with E-state index in [0.717, 1.165) is 27.4 Å². The van der Waals surface area contributed by atoms with Gasteiger partial charge in [0.15, 0.2) is 0 Å². The molecule has 131 valence electrons. The Bertz CT molecular complexity index is 1100. The van der Waals surface area contributed by atoms with Gasteiger partial charge in [-0.25, -0.2) is 0 Å².